The van der Waals surface area contributed by atoms with Gasteiger partial charge < -0.3 is 9.30 Å². The Labute approximate surface area is 95.7 Å². The Hall–Kier alpha value is -1.77. The molecule has 0 saturated heterocycles. The summed E-state index contributed by atoms with van der Waals surface area (Å²) in [6.07, 6.45) is 1.85. The largest absolute Gasteiger partial charge is 0.487 e. The van der Waals surface area contributed by atoms with Gasteiger partial charge in [0.1, 0.15) is 18.2 Å². The molecule has 0 fully saturated rings. The molecular formula is C13H16N2O. The molecule has 0 atom stereocenters. The van der Waals surface area contributed by atoms with E-state index in [1.165, 1.54) is 5.56 Å². The number of rotatable bonds is 3. The second kappa shape index (κ2) is 4.39. The van der Waals surface area contributed by atoms with Crippen molar-refractivity contribution < 1.29 is 4.74 Å². The van der Waals surface area contributed by atoms with Crippen LogP contribution in [0.2, 0.25) is 0 Å². The first-order valence-corrected chi connectivity index (χ1v) is 5.33. The Kier molecular flexibility index (Phi) is 2.95. The molecule has 0 N–H and O–H groups in total. The van der Waals surface area contributed by atoms with Gasteiger partial charge in [0.05, 0.1) is 11.9 Å². The highest BCUT2D eigenvalue weighted by Gasteiger charge is 2.03. The van der Waals surface area contributed by atoms with E-state index in [-0.39, 0.29) is 0 Å². The maximum absolute atomic E-state index is 5.71. The maximum atomic E-state index is 5.71. The normalized spacial score (nSPS) is 10.4. The van der Waals surface area contributed by atoms with Gasteiger partial charge in [-0.05, 0) is 31.5 Å². The summed E-state index contributed by atoms with van der Waals surface area (Å²) in [6, 6.07) is 8.06. The average Bonchev–Trinajstić information content (AvgIpc) is 2.57. The van der Waals surface area contributed by atoms with Crippen LogP contribution in [-0.4, -0.2) is 9.55 Å². The summed E-state index contributed by atoms with van der Waals surface area (Å²) in [7, 11) is 2.00. The van der Waals surface area contributed by atoms with Gasteiger partial charge in [-0.15, -0.1) is 0 Å². The lowest BCUT2D eigenvalue weighted by Gasteiger charge is -2.07. The summed E-state index contributed by atoms with van der Waals surface area (Å²) in [5, 5.41) is 0. The van der Waals surface area contributed by atoms with Crippen molar-refractivity contribution in [2.45, 2.75) is 20.5 Å². The summed E-state index contributed by atoms with van der Waals surface area (Å²) >= 11 is 0. The number of ether oxygens (including phenoxy) is 1. The van der Waals surface area contributed by atoms with Crippen LogP contribution >= 0.6 is 0 Å². The lowest BCUT2D eigenvalue weighted by molar-refractivity contribution is 0.296. The van der Waals surface area contributed by atoms with Gasteiger partial charge >= 0.3 is 0 Å². The van der Waals surface area contributed by atoms with Crippen LogP contribution in [0.1, 0.15) is 17.1 Å². The van der Waals surface area contributed by atoms with Gasteiger partial charge in [-0.2, -0.15) is 0 Å². The van der Waals surface area contributed by atoms with Crippen LogP contribution in [0.25, 0.3) is 0 Å². The summed E-state index contributed by atoms with van der Waals surface area (Å²) in [5.41, 5.74) is 2.29. The van der Waals surface area contributed by atoms with Crippen molar-refractivity contribution in [3.05, 3.63) is 47.5 Å². The zero-order valence-corrected chi connectivity index (χ0v) is 9.90. The lowest BCUT2D eigenvalue weighted by Crippen LogP contribution is -2.03. The fourth-order valence-corrected chi connectivity index (χ4v) is 1.55. The fraction of sp³-hybridized carbons (Fsp3) is 0.308. The molecule has 1 heterocycles. The van der Waals surface area contributed by atoms with Crippen LogP contribution in [0.4, 0.5) is 0 Å². The van der Waals surface area contributed by atoms with E-state index in [9.17, 15) is 0 Å². The molecule has 0 aliphatic rings. The van der Waals surface area contributed by atoms with E-state index >= 15 is 0 Å². The van der Waals surface area contributed by atoms with Gasteiger partial charge in [0.25, 0.3) is 0 Å². The zero-order valence-electron chi connectivity index (χ0n) is 9.90. The molecule has 0 spiro atoms. The predicted molar refractivity (Wildman–Crippen MR) is 63.5 cm³/mol. The third-order valence-electron chi connectivity index (χ3n) is 2.69. The van der Waals surface area contributed by atoms with Gasteiger partial charge in [0.2, 0.25) is 0 Å². The highest BCUT2D eigenvalue weighted by Crippen LogP contribution is 2.14. The zero-order chi connectivity index (χ0) is 11.5. The smallest absolute Gasteiger partial charge is 0.130 e. The molecular weight excluding hydrogens is 200 g/mol. The molecule has 0 bridgehead atoms. The van der Waals surface area contributed by atoms with E-state index in [2.05, 4.69) is 18.0 Å². The van der Waals surface area contributed by atoms with E-state index in [0.717, 1.165) is 17.3 Å². The molecule has 0 saturated carbocycles. The molecule has 0 amide bonds. The molecule has 0 aliphatic carbocycles. The standard InChI is InChI=1S/C13H16N2O/c1-10-5-4-6-13(7-10)16-9-12-8-14-11(2)15(12)3/h4-8H,9H2,1-3H3. The summed E-state index contributed by atoms with van der Waals surface area (Å²) < 4.78 is 7.74. The van der Waals surface area contributed by atoms with Crippen LogP contribution in [0.15, 0.2) is 30.5 Å². The number of benzene rings is 1. The molecule has 16 heavy (non-hydrogen) atoms. The number of imidazole rings is 1. The van der Waals surface area contributed by atoms with Crippen molar-refractivity contribution in [3.63, 3.8) is 0 Å². The number of hydrogen-bond acceptors (Lipinski definition) is 2. The Balaban J connectivity index is 2.05. The van der Waals surface area contributed by atoms with Crippen LogP contribution in [0, 0.1) is 13.8 Å². The molecule has 0 radical (unpaired) electrons. The van der Waals surface area contributed by atoms with E-state index in [0.29, 0.717) is 6.61 Å². The first kappa shape index (κ1) is 10.7. The minimum atomic E-state index is 0.556. The first-order chi connectivity index (χ1) is 7.66. The van der Waals surface area contributed by atoms with Crippen molar-refractivity contribution in [1.82, 2.24) is 9.55 Å². The van der Waals surface area contributed by atoms with Crippen molar-refractivity contribution in [3.8, 4) is 5.75 Å². The molecule has 84 valence electrons. The second-order valence-electron chi connectivity index (χ2n) is 3.96. The minimum Gasteiger partial charge on any atom is -0.487 e. The fourth-order valence-electron chi connectivity index (χ4n) is 1.55. The molecule has 0 unspecified atom stereocenters. The Morgan fingerprint density at radius 1 is 1.31 bits per heavy atom. The van der Waals surface area contributed by atoms with Gasteiger partial charge in [-0.3, -0.25) is 0 Å². The van der Waals surface area contributed by atoms with Crippen LogP contribution in [0.5, 0.6) is 5.75 Å². The van der Waals surface area contributed by atoms with Crippen molar-refractivity contribution in [2.75, 3.05) is 0 Å². The van der Waals surface area contributed by atoms with Gasteiger partial charge in [-0.25, -0.2) is 4.98 Å². The van der Waals surface area contributed by atoms with Crippen LogP contribution in [0.3, 0.4) is 0 Å². The Morgan fingerprint density at radius 3 is 2.75 bits per heavy atom. The quantitative estimate of drug-likeness (QED) is 0.788. The van der Waals surface area contributed by atoms with Crippen LogP contribution < -0.4 is 4.74 Å². The molecule has 2 rings (SSSR count). The van der Waals surface area contributed by atoms with E-state index in [1.807, 2.05) is 42.9 Å². The van der Waals surface area contributed by atoms with Gasteiger partial charge in [-0.1, -0.05) is 12.1 Å². The minimum absolute atomic E-state index is 0.556. The SMILES string of the molecule is Cc1cccc(OCc2cnc(C)n2C)c1. The summed E-state index contributed by atoms with van der Waals surface area (Å²) in [4.78, 5) is 4.23. The number of aromatic nitrogens is 2. The topological polar surface area (TPSA) is 27.1 Å². The highest BCUT2D eigenvalue weighted by molar-refractivity contribution is 5.27. The maximum Gasteiger partial charge on any atom is 0.130 e. The molecule has 3 nitrogen and oxygen atoms in total. The first-order valence-electron chi connectivity index (χ1n) is 5.33. The Bertz CT molecular complexity index is 488. The number of hydrogen-bond donors (Lipinski definition) is 0. The second-order valence-corrected chi connectivity index (χ2v) is 3.96. The van der Waals surface area contributed by atoms with Crippen LogP contribution in [-0.2, 0) is 13.7 Å². The van der Waals surface area contributed by atoms with E-state index in [1.54, 1.807) is 0 Å². The molecule has 1 aromatic heterocycles. The molecule has 1 aromatic carbocycles. The van der Waals surface area contributed by atoms with Gasteiger partial charge in [0.15, 0.2) is 0 Å². The molecule has 2 aromatic rings. The summed E-state index contributed by atoms with van der Waals surface area (Å²) in [5.74, 6) is 1.90. The monoisotopic (exact) mass is 216 g/mol. The molecule has 3 heteroatoms. The summed E-state index contributed by atoms with van der Waals surface area (Å²) in [6.45, 7) is 4.60. The third kappa shape index (κ3) is 2.24. The number of aryl methyl sites for hydroxylation is 2. The van der Waals surface area contributed by atoms with Gasteiger partial charge in [0, 0.05) is 7.05 Å². The average molecular weight is 216 g/mol. The van der Waals surface area contributed by atoms with Crippen molar-refractivity contribution in [2.24, 2.45) is 7.05 Å². The third-order valence-corrected chi connectivity index (χ3v) is 2.69. The highest BCUT2D eigenvalue weighted by atomic mass is 16.5. The van der Waals surface area contributed by atoms with Crippen molar-refractivity contribution >= 4 is 0 Å². The van der Waals surface area contributed by atoms with E-state index < -0.39 is 0 Å². The predicted octanol–water partition coefficient (Wildman–Crippen LogP) is 2.62. The van der Waals surface area contributed by atoms with Crippen molar-refractivity contribution in [1.29, 1.82) is 0 Å². The molecule has 0 aliphatic heterocycles. The lowest BCUT2D eigenvalue weighted by atomic mass is 10.2. The van der Waals surface area contributed by atoms with E-state index in [4.69, 9.17) is 4.74 Å². The Morgan fingerprint density at radius 2 is 2.12 bits per heavy atom. The number of nitrogens with zero attached hydrogens (tertiary/aromatic N) is 2.